The van der Waals surface area contributed by atoms with E-state index in [0.29, 0.717) is 31.9 Å². The Labute approximate surface area is 197 Å². The van der Waals surface area contributed by atoms with Crippen LogP contribution >= 0.6 is 0 Å². The van der Waals surface area contributed by atoms with Gasteiger partial charge in [0.15, 0.2) is 11.5 Å². The van der Waals surface area contributed by atoms with E-state index in [1.165, 1.54) is 0 Å². The molecule has 34 heavy (non-hydrogen) atoms. The number of aromatic nitrogens is 2. The molecule has 0 saturated heterocycles. The standard InChI is InChI=1S/C27H25N3O4/c31-27(32)13-12-21-11-10-20(19-29-15-5-14-28-29)18-26(21)33-17-16-30-22-6-1-3-8-24(22)34-25-9-4-2-7-23(25)30/h1-11,14-15,18H,12-13,16-17,19H2,(H,31,32). The van der Waals surface area contributed by atoms with Crippen LogP contribution in [0.2, 0.25) is 0 Å². The van der Waals surface area contributed by atoms with Crippen LogP contribution in [0, 0.1) is 0 Å². The quantitative estimate of drug-likeness (QED) is 0.370. The SMILES string of the molecule is O=C(O)CCc1ccc(Cn2cccn2)cc1OCCN1c2ccccc2Oc2ccccc21. The Morgan fingerprint density at radius 2 is 1.71 bits per heavy atom. The fraction of sp³-hybridized carbons (Fsp3) is 0.185. The summed E-state index contributed by atoms with van der Waals surface area (Å²) in [6, 6.07) is 23.7. The van der Waals surface area contributed by atoms with E-state index in [2.05, 4.69) is 10.00 Å². The highest BCUT2D eigenvalue weighted by atomic mass is 16.5. The molecule has 0 spiro atoms. The Morgan fingerprint density at radius 1 is 0.971 bits per heavy atom. The highest BCUT2D eigenvalue weighted by Gasteiger charge is 2.23. The molecule has 0 radical (unpaired) electrons. The zero-order chi connectivity index (χ0) is 23.3. The highest BCUT2D eigenvalue weighted by molar-refractivity contribution is 5.77. The Kier molecular flexibility index (Phi) is 6.16. The molecule has 3 aromatic carbocycles. The molecule has 1 aliphatic heterocycles. The number of ether oxygens (including phenoxy) is 2. The van der Waals surface area contributed by atoms with Gasteiger partial charge in [0.05, 0.1) is 24.5 Å². The van der Waals surface area contributed by atoms with Crippen molar-refractivity contribution in [2.24, 2.45) is 0 Å². The second kappa shape index (κ2) is 9.70. The van der Waals surface area contributed by atoms with Crippen molar-refractivity contribution in [2.75, 3.05) is 18.1 Å². The first-order chi connectivity index (χ1) is 16.7. The molecule has 2 heterocycles. The van der Waals surface area contributed by atoms with Gasteiger partial charge in [0.1, 0.15) is 12.4 Å². The Bertz CT molecular complexity index is 1240. The second-order valence-corrected chi connectivity index (χ2v) is 8.08. The summed E-state index contributed by atoms with van der Waals surface area (Å²) in [4.78, 5) is 13.3. The third kappa shape index (κ3) is 4.73. The van der Waals surface area contributed by atoms with Crippen molar-refractivity contribution >= 4 is 17.3 Å². The monoisotopic (exact) mass is 455 g/mol. The predicted molar refractivity (Wildman–Crippen MR) is 129 cm³/mol. The number of anilines is 2. The summed E-state index contributed by atoms with van der Waals surface area (Å²) in [5.41, 5.74) is 3.90. The van der Waals surface area contributed by atoms with Crippen LogP contribution in [0.25, 0.3) is 0 Å². The lowest BCUT2D eigenvalue weighted by Crippen LogP contribution is -2.26. The van der Waals surface area contributed by atoms with Gasteiger partial charge in [0.2, 0.25) is 0 Å². The Balaban J connectivity index is 1.35. The number of carboxylic acid groups (broad SMARTS) is 1. The number of hydrogen-bond donors (Lipinski definition) is 1. The summed E-state index contributed by atoms with van der Waals surface area (Å²) in [5.74, 6) is 1.50. The lowest BCUT2D eigenvalue weighted by atomic mass is 10.1. The second-order valence-electron chi connectivity index (χ2n) is 8.08. The predicted octanol–water partition coefficient (Wildman–Crippen LogP) is 5.27. The number of benzene rings is 3. The molecule has 0 atom stereocenters. The Morgan fingerprint density at radius 3 is 2.38 bits per heavy atom. The van der Waals surface area contributed by atoms with Gasteiger partial charge < -0.3 is 19.5 Å². The smallest absolute Gasteiger partial charge is 0.303 e. The number of aryl methyl sites for hydroxylation is 1. The van der Waals surface area contributed by atoms with Gasteiger partial charge in [-0.1, -0.05) is 36.4 Å². The molecule has 0 fully saturated rings. The van der Waals surface area contributed by atoms with Crippen LogP contribution in [0.4, 0.5) is 11.4 Å². The topological polar surface area (TPSA) is 76.8 Å². The van der Waals surface area contributed by atoms with Gasteiger partial charge in [-0.05, 0) is 53.9 Å². The lowest BCUT2D eigenvalue weighted by molar-refractivity contribution is -0.136. The van der Waals surface area contributed by atoms with Crippen molar-refractivity contribution in [3.63, 3.8) is 0 Å². The lowest BCUT2D eigenvalue weighted by Gasteiger charge is -2.32. The summed E-state index contributed by atoms with van der Waals surface area (Å²) in [5, 5.41) is 13.4. The average Bonchev–Trinajstić information content (AvgIpc) is 3.36. The van der Waals surface area contributed by atoms with Gasteiger partial charge in [-0.15, -0.1) is 0 Å². The third-order valence-corrected chi connectivity index (χ3v) is 5.75. The van der Waals surface area contributed by atoms with Gasteiger partial charge in [-0.25, -0.2) is 0 Å². The van der Waals surface area contributed by atoms with E-state index in [9.17, 15) is 4.79 Å². The average molecular weight is 456 g/mol. The van der Waals surface area contributed by atoms with Crippen LogP contribution in [0.15, 0.2) is 85.2 Å². The van der Waals surface area contributed by atoms with Crippen LogP contribution < -0.4 is 14.4 Å². The van der Waals surface area contributed by atoms with Crippen molar-refractivity contribution in [2.45, 2.75) is 19.4 Å². The molecule has 7 nitrogen and oxygen atoms in total. The summed E-state index contributed by atoms with van der Waals surface area (Å²) in [7, 11) is 0. The van der Waals surface area contributed by atoms with Crippen LogP contribution in [0.3, 0.4) is 0 Å². The van der Waals surface area contributed by atoms with Crippen LogP contribution in [-0.4, -0.2) is 34.0 Å². The summed E-state index contributed by atoms with van der Waals surface area (Å²) in [6.45, 7) is 1.65. The minimum absolute atomic E-state index is 0.0546. The molecule has 0 bridgehead atoms. The van der Waals surface area contributed by atoms with Crippen LogP contribution in [0.1, 0.15) is 17.5 Å². The largest absolute Gasteiger partial charge is 0.491 e. The molecule has 172 valence electrons. The minimum Gasteiger partial charge on any atom is -0.491 e. The van der Waals surface area contributed by atoms with E-state index in [1.807, 2.05) is 83.7 Å². The maximum atomic E-state index is 11.1. The maximum absolute atomic E-state index is 11.1. The summed E-state index contributed by atoms with van der Waals surface area (Å²) in [6.07, 6.45) is 4.12. The first-order valence-corrected chi connectivity index (χ1v) is 11.2. The fourth-order valence-corrected chi connectivity index (χ4v) is 4.13. The zero-order valence-electron chi connectivity index (χ0n) is 18.6. The fourth-order valence-electron chi connectivity index (χ4n) is 4.13. The van der Waals surface area contributed by atoms with Crippen molar-refractivity contribution < 1.29 is 19.4 Å². The number of carboxylic acids is 1. The van der Waals surface area contributed by atoms with E-state index < -0.39 is 5.97 Å². The maximum Gasteiger partial charge on any atom is 0.303 e. The van der Waals surface area contributed by atoms with Crippen molar-refractivity contribution in [1.82, 2.24) is 9.78 Å². The molecule has 1 N–H and O–H groups in total. The van der Waals surface area contributed by atoms with E-state index in [-0.39, 0.29) is 6.42 Å². The van der Waals surface area contributed by atoms with Crippen molar-refractivity contribution in [3.05, 3.63) is 96.3 Å². The first kappa shape index (κ1) is 21.6. The number of carbonyl (C=O) groups is 1. The number of nitrogens with zero attached hydrogens (tertiary/aromatic N) is 3. The van der Waals surface area contributed by atoms with Gasteiger partial charge in [0.25, 0.3) is 0 Å². The molecule has 0 amide bonds. The van der Waals surface area contributed by atoms with Crippen molar-refractivity contribution in [1.29, 1.82) is 0 Å². The first-order valence-electron chi connectivity index (χ1n) is 11.2. The third-order valence-electron chi connectivity index (χ3n) is 5.75. The number of aliphatic carboxylic acids is 1. The minimum atomic E-state index is -0.826. The number of hydrogen-bond acceptors (Lipinski definition) is 5. The van der Waals surface area contributed by atoms with Gasteiger partial charge in [-0.2, -0.15) is 5.10 Å². The van der Waals surface area contributed by atoms with Gasteiger partial charge >= 0.3 is 5.97 Å². The van der Waals surface area contributed by atoms with Crippen molar-refractivity contribution in [3.8, 4) is 17.2 Å². The molecular formula is C27H25N3O4. The van der Waals surface area contributed by atoms with Crippen LogP contribution in [-0.2, 0) is 17.8 Å². The molecule has 1 aromatic heterocycles. The van der Waals surface area contributed by atoms with Crippen LogP contribution in [0.5, 0.6) is 17.2 Å². The normalized spacial score (nSPS) is 11.9. The van der Waals surface area contributed by atoms with Gasteiger partial charge in [0, 0.05) is 18.8 Å². The molecule has 5 rings (SSSR count). The molecule has 0 unspecified atom stereocenters. The van der Waals surface area contributed by atoms with Gasteiger partial charge in [-0.3, -0.25) is 9.48 Å². The molecule has 1 aliphatic rings. The summed E-state index contributed by atoms with van der Waals surface area (Å²) >= 11 is 0. The molecular weight excluding hydrogens is 430 g/mol. The number of rotatable bonds is 9. The van der Waals surface area contributed by atoms with E-state index in [4.69, 9.17) is 14.6 Å². The van der Waals surface area contributed by atoms with E-state index in [1.54, 1.807) is 6.20 Å². The number of fused-ring (bicyclic) bond motifs is 2. The Hall–Kier alpha value is -4.26. The number of para-hydroxylation sites is 4. The zero-order valence-corrected chi connectivity index (χ0v) is 18.6. The molecule has 0 aliphatic carbocycles. The highest BCUT2D eigenvalue weighted by Crippen LogP contribution is 2.45. The molecule has 0 saturated carbocycles. The van der Waals surface area contributed by atoms with E-state index >= 15 is 0 Å². The van der Waals surface area contributed by atoms with E-state index in [0.717, 1.165) is 34.0 Å². The molecule has 7 heteroatoms. The summed E-state index contributed by atoms with van der Waals surface area (Å²) < 4.78 is 14.2. The molecule has 4 aromatic rings.